The van der Waals surface area contributed by atoms with E-state index in [1.807, 2.05) is 6.92 Å². The van der Waals surface area contributed by atoms with E-state index in [-0.39, 0.29) is 18.1 Å². The summed E-state index contributed by atoms with van der Waals surface area (Å²) in [6.45, 7) is 2.52. The number of amides is 3. The van der Waals surface area contributed by atoms with Crippen LogP contribution < -0.4 is 10.2 Å². The third kappa shape index (κ3) is 4.21. The molecule has 10 heteroatoms. The molecule has 2 aliphatic rings. The molecule has 0 fully saturated rings. The Hall–Kier alpha value is -4.21. The normalized spacial score (nSPS) is 17.5. The van der Waals surface area contributed by atoms with Crippen LogP contribution in [0.15, 0.2) is 59.8 Å². The molecule has 2 aromatic carbocycles. The van der Waals surface area contributed by atoms with Gasteiger partial charge in [-0.25, -0.2) is 9.59 Å². The van der Waals surface area contributed by atoms with Crippen molar-refractivity contribution in [2.45, 2.75) is 25.8 Å². The zero-order valence-corrected chi connectivity index (χ0v) is 18.8. The maximum absolute atomic E-state index is 13.5. The average molecular weight is 464 g/mol. The van der Waals surface area contributed by atoms with Crippen molar-refractivity contribution in [2.24, 2.45) is 0 Å². The number of unbranched alkanes of at least 4 members (excludes halogenated alkanes) is 1. The molecule has 0 aromatic heterocycles. The topological polar surface area (TPSA) is 122 Å². The van der Waals surface area contributed by atoms with E-state index in [1.54, 1.807) is 37.4 Å². The molecule has 0 aliphatic carbocycles. The highest BCUT2D eigenvalue weighted by Crippen LogP contribution is 2.38. The van der Waals surface area contributed by atoms with Crippen LogP contribution in [0.3, 0.4) is 0 Å². The van der Waals surface area contributed by atoms with Crippen LogP contribution in [-0.4, -0.2) is 47.9 Å². The third-order valence-electron chi connectivity index (χ3n) is 5.92. The molecule has 4 rings (SSSR count). The number of non-ortho nitro benzene ring substituents is 1. The molecule has 0 spiro atoms. The maximum atomic E-state index is 13.5. The van der Waals surface area contributed by atoms with Gasteiger partial charge in [-0.3, -0.25) is 19.8 Å². The Bertz CT molecular complexity index is 1190. The van der Waals surface area contributed by atoms with Crippen LogP contribution in [0.1, 0.15) is 41.7 Å². The standard InChI is InChI=1S/C24H24N4O6/c1-3-4-12-34-23(30)15-8-10-17(11-9-15)27-14-19-20(22(27)29)21(25-24(31)26(19)2)16-6-5-7-18(13-16)28(32)33/h5-11,13,21H,3-4,12,14H2,1-2H3,(H,25,31). The van der Waals surface area contributed by atoms with Crippen LogP contribution >= 0.6 is 0 Å². The molecule has 0 radical (unpaired) electrons. The van der Waals surface area contributed by atoms with E-state index in [0.29, 0.717) is 34.7 Å². The second-order valence-electron chi connectivity index (χ2n) is 8.08. The number of nitrogens with zero attached hydrogens (tertiary/aromatic N) is 3. The van der Waals surface area contributed by atoms with Gasteiger partial charge in [0.25, 0.3) is 11.6 Å². The molecule has 2 heterocycles. The highest BCUT2D eigenvalue weighted by molar-refractivity contribution is 6.12. The highest BCUT2D eigenvalue weighted by atomic mass is 16.6. The minimum Gasteiger partial charge on any atom is -0.462 e. The predicted molar refractivity (Wildman–Crippen MR) is 123 cm³/mol. The molecule has 2 aliphatic heterocycles. The minimum atomic E-state index is -0.816. The van der Waals surface area contributed by atoms with Crippen molar-refractivity contribution in [3.8, 4) is 0 Å². The van der Waals surface area contributed by atoms with Crippen molar-refractivity contribution in [3.05, 3.63) is 81.0 Å². The molecule has 1 N–H and O–H groups in total. The van der Waals surface area contributed by atoms with Crippen molar-refractivity contribution in [3.63, 3.8) is 0 Å². The summed E-state index contributed by atoms with van der Waals surface area (Å²) in [5.41, 5.74) is 2.13. The number of nitro groups is 1. The zero-order valence-electron chi connectivity index (χ0n) is 18.8. The number of nitrogens with one attached hydrogen (secondary N) is 1. The lowest BCUT2D eigenvalue weighted by atomic mass is 9.95. The molecular formula is C24H24N4O6. The Morgan fingerprint density at radius 3 is 2.62 bits per heavy atom. The monoisotopic (exact) mass is 464 g/mol. The molecule has 0 saturated heterocycles. The van der Waals surface area contributed by atoms with Crippen molar-refractivity contribution in [1.82, 2.24) is 10.2 Å². The fourth-order valence-electron chi connectivity index (χ4n) is 4.01. The largest absolute Gasteiger partial charge is 0.462 e. The molecular weight excluding hydrogens is 440 g/mol. The number of hydrogen-bond donors (Lipinski definition) is 1. The average Bonchev–Trinajstić information content (AvgIpc) is 3.19. The fraction of sp³-hybridized carbons (Fsp3) is 0.292. The van der Waals surface area contributed by atoms with Gasteiger partial charge in [0.2, 0.25) is 0 Å². The minimum absolute atomic E-state index is 0.128. The lowest BCUT2D eigenvalue weighted by Crippen LogP contribution is -2.45. The van der Waals surface area contributed by atoms with E-state index in [0.717, 1.165) is 12.8 Å². The second kappa shape index (κ2) is 9.34. The maximum Gasteiger partial charge on any atom is 0.338 e. The molecule has 0 saturated carbocycles. The second-order valence-corrected chi connectivity index (χ2v) is 8.08. The molecule has 3 amide bonds. The van der Waals surface area contributed by atoms with E-state index >= 15 is 0 Å². The summed E-state index contributed by atoms with van der Waals surface area (Å²) in [6, 6.07) is 11.2. The number of carbonyl (C=O) groups excluding carboxylic acids is 3. The Labute approximate surface area is 195 Å². The quantitative estimate of drug-likeness (QED) is 0.289. The summed E-state index contributed by atoms with van der Waals surface area (Å²) in [6.07, 6.45) is 1.71. The van der Waals surface area contributed by atoms with Gasteiger partial charge in [-0.2, -0.15) is 0 Å². The summed E-state index contributed by atoms with van der Waals surface area (Å²) in [5.74, 6) is -0.748. The van der Waals surface area contributed by atoms with Gasteiger partial charge in [0.15, 0.2) is 0 Å². The van der Waals surface area contributed by atoms with Crippen LogP contribution in [0.5, 0.6) is 0 Å². The number of anilines is 1. The molecule has 1 atom stereocenters. The van der Waals surface area contributed by atoms with Gasteiger partial charge < -0.3 is 15.0 Å². The summed E-state index contributed by atoms with van der Waals surface area (Å²) < 4.78 is 5.22. The molecule has 0 bridgehead atoms. The molecule has 10 nitrogen and oxygen atoms in total. The number of ether oxygens (including phenoxy) is 1. The molecule has 176 valence electrons. The first-order valence-corrected chi connectivity index (χ1v) is 10.9. The van der Waals surface area contributed by atoms with Gasteiger partial charge in [0, 0.05) is 24.9 Å². The summed E-state index contributed by atoms with van der Waals surface area (Å²) >= 11 is 0. The lowest BCUT2D eigenvalue weighted by molar-refractivity contribution is -0.384. The van der Waals surface area contributed by atoms with E-state index in [2.05, 4.69) is 5.32 Å². The predicted octanol–water partition coefficient (Wildman–Crippen LogP) is 3.55. The van der Waals surface area contributed by atoms with Crippen LogP contribution in [0.25, 0.3) is 0 Å². The number of esters is 1. The number of rotatable bonds is 7. The van der Waals surface area contributed by atoms with Crippen LogP contribution in [0, 0.1) is 10.1 Å². The first-order chi connectivity index (χ1) is 16.3. The number of hydrogen-bond acceptors (Lipinski definition) is 6. The number of benzene rings is 2. The summed E-state index contributed by atoms with van der Waals surface area (Å²) in [5, 5.41) is 14.0. The molecule has 1 unspecified atom stereocenters. The summed E-state index contributed by atoms with van der Waals surface area (Å²) in [7, 11) is 1.57. The Morgan fingerprint density at radius 2 is 1.94 bits per heavy atom. The van der Waals surface area contributed by atoms with Gasteiger partial charge >= 0.3 is 12.0 Å². The van der Waals surface area contributed by atoms with E-state index in [1.165, 1.54) is 28.0 Å². The first-order valence-electron chi connectivity index (χ1n) is 10.9. The Kier molecular flexibility index (Phi) is 6.31. The SMILES string of the molecule is CCCCOC(=O)c1ccc(N2CC3=C(C2=O)C(c2cccc([N+](=O)[O-])c2)NC(=O)N3C)cc1. The van der Waals surface area contributed by atoms with Gasteiger partial charge in [-0.05, 0) is 36.2 Å². The van der Waals surface area contributed by atoms with Crippen molar-refractivity contribution in [2.75, 3.05) is 25.1 Å². The van der Waals surface area contributed by atoms with Crippen molar-refractivity contribution >= 4 is 29.3 Å². The van der Waals surface area contributed by atoms with Gasteiger partial charge in [0.05, 0.1) is 41.0 Å². The van der Waals surface area contributed by atoms with Gasteiger partial charge in [0.1, 0.15) is 0 Å². The number of likely N-dealkylation sites (N-methyl/N-ethyl adjacent to an activating group) is 1. The Balaban J connectivity index is 1.60. The number of carbonyl (C=O) groups is 3. The van der Waals surface area contributed by atoms with Crippen LogP contribution in [0.2, 0.25) is 0 Å². The van der Waals surface area contributed by atoms with Crippen LogP contribution in [0.4, 0.5) is 16.2 Å². The van der Waals surface area contributed by atoms with Crippen LogP contribution in [-0.2, 0) is 9.53 Å². The first kappa shape index (κ1) is 23.0. The number of nitro benzene ring substituents is 1. The Morgan fingerprint density at radius 1 is 1.21 bits per heavy atom. The number of urea groups is 1. The smallest absolute Gasteiger partial charge is 0.338 e. The van der Waals surface area contributed by atoms with Crippen molar-refractivity contribution < 1.29 is 24.0 Å². The van der Waals surface area contributed by atoms with E-state index in [4.69, 9.17) is 4.74 Å². The van der Waals surface area contributed by atoms with E-state index < -0.39 is 23.0 Å². The lowest BCUT2D eigenvalue weighted by Gasteiger charge is -2.30. The van der Waals surface area contributed by atoms with Crippen molar-refractivity contribution in [1.29, 1.82) is 0 Å². The van der Waals surface area contributed by atoms with E-state index in [9.17, 15) is 24.5 Å². The van der Waals surface area contributed by atoms with Gasteiger partial charge in [-0.1, -0.05) is 25.5 Å². The fourth-order valence-corrected chi connectivity index (χ4v) is 4.01. The highest BCUT2D eigenvalue weighted by Gasteiger charge is 2.43. The summed E-state index contributed by atoms with van der Waals surface area (Å²) in [4.78, 5) is 51.8. The molecule has 34 heavy (non-hydrogen) atoms. The van der Waals surface area contributed by atoms with Gasteiger partial charge in [-0.15, -0.1) is 0 Å². The zero-order chi connectivity index (χ0) is 24.4. The molecule has 2 aromatic rings. The third-order valence-corrected chi connectivity index (χ3v) is 5.92.